The number of rotatable bonds is 6. The molecule has 0 N–H and O–H groups in total. The van der Waals surface area contributed by atoms with Gasteiger partial charge in [-0.3, -0.25) is 4.79 Å². The third-order valence-corrected chi connectivity index (χ3v) is 4.14. The lowest BCUT2D eigenvalue weighted by atomic mass is 10.1. The Hall–Kier alpha value is -1.93. The average Bonchev–Trinajstić information content (AvgIpc) is 2.84. The van der Waals surface area contributed by atoms with Gasteiger partial charge in [0, 0.05) is 11.4 Å². The first-order chi connectivity index (χ1) is 11.8. The third-order valence-electron chi connectivity index (χ3n) is 3.45. The molecule has 1 heterocycles. The molecular weight excluding hydrogens is 379 g/mol. The second-order valence-corrected chi connectivity index (χ2v) is 6.04. The Bertz CT molecular complexity index is 851. The van der Waals surface area contributed by atoms with Crippen LogP contribution in [0.5, 0.6) is 0 Å². The average molecular weight is 394 g/mol. The van der Waals surface area contributed by atoms with Gasteiger partial charge in [0.05, 0.1) is 6.61 Å². The second kappa shape index (κ2) is 7.97. The van der Waals surface area contributed by atoms with Crippen molar-refractivity contribution in [2.24, 2.45) is 0 Å². The molecule has 10 heteroatoms. The van der Waals surface area contributed by atoms with E-state index in [-0.39, 0.29) is 29.6 Å². The zero-order chi connectivity index (χ0) is 18.7. The molecular formula is C15H15Cl2F2N3O3. The molecule has 0 amide bonds. The van der Waals surface area contributed by atoms with Crippen LogP contribution in [0.25, 0.3) is 5.69 Å². The molecule has 0 radical (unpaired) electrons. The third kappa shape index (κ3) is 4.01. The number of aromatic nitrogens is 3. The van der Waals surface area contributed by atoms with Crippen molar-refractivity contribution in [3.05, 3.63) is 44.8 Å². The van der Waals surface area contributed by atoms with Crippen LogP contribution in [0.15, 0.2) is 16.9 Å². The predicted molar refractivity (Wildman–Crippen MR) is 88.6 cm³/mol. The lowest BCUT2D eigenvalue weighted by Crippen LogP contribution is -2.24. The van der Waals surface area contributed by atoms with Crippen molar-refractivity contribution >= 4 is 29.2 Å². The number of hydrogen-bond donors (Lipinski definition) is 0. The summed E-state index contributed by atoms with van der Waals surface area (Å²) in [6.07, 6.45) is -0.0376. The molecule has 0 spiro atoms. The SMILES string of the molecule is CCOC(=O)C(Cl)Cc1cc(-n2nc(C)n(CF)c2=O)c(F)cc1Cl. The van der Waals surface area contributed by atoms with Crippen molar-refractivity contribution in [3.63, 3.8) is 0 Å². The van der Waals surface area contributed by atoms with Gasteiger partial charge in [-0.05, 0) is 31.5 Å². The zero-order valence-electron chi connectivity index (χ0n) is 13.4. The maximum atomic E-state index is 14.2. The fourth-order valence-corrected chi connectivity index (χ4v) is 2.65. The topological polar surface area (TPSA) is 66.1 Å². The van der Waals surface area contributed by atoms with Gasteiger partial charge >= 0.3 is 11.7 Å². The van der Waals surface area contributed by atoms with Crippen LogP contribution in [0.2, 0.25) is 5.02 Å². The lowest BCUT2D eigenvalue weighted by Gasteiger charge is -2.12. The fraction of sp³-hybridized carbons (Fsp3) is 0.400. The number of aryl methyl sites for hydroxylation is 1. The Morgan fingerprint density at radius 2 is 2.12 bits per heavy atom. The highest BCUT2D eigenvalue weighted by Crippen LogP contribution is 2.25. The molecule has 1 aromatic carbocycles. The van der Waals surface area contributed by atoms with Crippen LogP contribution >= 0.6 is 23.2 Å². The number of alkyl halides is 2. The van der Waals surface area contributed by atoms with Gasteiger partial charge in [0.1, 0.15) is 16.9 Å². The summed E-state index contributed by atoms with van der Waals surface area (Å²) >= 11 is 12.0. The van der Waals surface area contributed by atoms with E-state index in [1.807, 2.05) is 0 Å². The fourth-order valence-electron chi connectivity index (χ4n) is 2.20. The summed E-state index contributed by atoms with van der Waals surface area (Å²) in [6.45, 7) is 2.14. The van der Waals surface area contributed by atoms with Gasteiger partial charge in [-0.15, -0.1) is 11.6 Å². The van der Waals surface area contributed by atoms with E-state index in [0.717, 1.165) is 15.3 Å². The van der Waals surface area contributed by atoms with Gasteiger partial charge in [0.25, 0.3) is 0 Å². The smallest absolute Gasteiger partial charge is 0.353 e. The Morgan fingerprint density at radius 1 is 1.44 bits per heavy atom. The highest BCUT2D eigenvalue weighted by Gasteiger charge is 2.22. The maximum absolute atomic E-state index is 14.2. The van der Waals surface area contributed by atoms with E-state index in [1.165, 1.54) is 13.0 Å². The molecule has 25 heavy (non-hydrogen) atoms. The summed E-state index contributed by atoms with van der Waals surface area (Å²) in [4.78, 5) is 23.7. The van der Waals surface area contributed by atoms with Gasteiger partial charge in [-0.25, -0.2) is 18.1 Å². The Kier molecular flexibility index (Phi) is 6.18. The number of ether oxygens (including phenoxy) is 1. The monoisotopic (exact) mass is 393 g/mol. The molecule has 1 atom stereocenters. The zero-order valence-corrected chi connectivity index (χ0v) is 14.9. The summed E-state index contributed by atoms with van der Waals surface area (Å²) in [5, 5.41) is 2.85. The molecule has 1 unspecified atom stereocenters. The van der Waals surface area contributed by atoms with Crippen LogP contribution in [0.1, 0.15) is 18.3 Å². The predicted octanol–water partition coefficient (Wildman–Crippen LogP) is 2.77. The summed E-state index contributed by atoms with van der Waals surface area (Å²) in [7, 11) is 0. The van der Waals surface area contributed by atoms with Crippen LogP contribution < -0.4 is 5.69 Å². The minimum Gasteiger partial charge on any atom is -0.465 e. The highest BCUT2D eigenvalue weighted by atomic mass is 35.5. The van der Waals surface area contributed by atoms with Gasteiger partial charge in [-0.1, -0.05) is 11.6 Å². The van der Waals surface area contributed by atoms with E-state index in [9.17, 15) is 18.4 Å². The summed E-state index contributed by atoms with van der Waals surface area (Å²) in [6, 6.07) is 2.24. The first kappa shape index (κ1) is 19.4. The Labute approximate surface area is 151 Å². The van der Waals surface area contributed by atoms with E-state index < -0.39 is 29.7 Å². The molecule has 0 bridgehead atoms. The maximum Gasteiger partial charge on any atom is 0.353 e. The van der Waals surface area contributed by atoms with E-state index in [2.05, 4.69) is 5.10 Å². The van der Waals surface area contributed by atoms with Crippen molar-refractivity contribution in [2.45, 2.75) is 32.4 Å². The molecule has 0 saturated carbocycles. The van der Waals surface area contributed by atoms with Crippen LogP contribution in [-0.4, -0.2) is 32.3 Å². The molecule has 0 aliphatic heterocycles. The molecule has 0 saturated heterocycles. The van der Waals surface area contributed by atoms with Crippen LogP contribution in [0.3, 0.4) is 0 Å². The van der Waals surface area contributed by atoms with E-state index in [4.69, 9.17) is 27.9 Å². The van der Waals surface area contributed by atoms with Crippen molar-refractivity contribution in [1.29, 1.82) is 0 Å². The number of nitrogens with zero attached hydrogens (tertiary/aromatic N) is 3. The number of benzene rings is 1. The Balaban J connectivity index is 2.45. The minimum absolute atomic E-state index is 0.0332. The number of hydrogen-bond acceptors (Lipinski definition) is 4. The molecule has 0 aliphatic rings. The number of esters is 1. The molecule has 136 valence electrons. The van der Waals surface area contributed by atoms with Crippen molar-refractivity contribution in [3.8, 4) is 5.69 Å². The van der Waals surface area contributed by atoms with Gasteiger partial charge in [0.15, 0.2) is 12.6 Å². The first-order valence-electron chi connectivity index (χ1n) is 7.31. The molecule has 0 fully saturated rings. The Morgan fingerprint density at radius 3 is 2.68 bits per heavy atom. The summed E-state index contributed by atoms with van der Waals surface area (Å²) < 4.78 is 33.4. The normalized spacial score (nSPS) is 12.2. The molecule has 2 rings (SSSR count). The van der Waals surface area contributed by atoms with Crippen LogP contribution in [-0.2, 0) is 22.8 Å². The van der Waals surface area contributed by atoms with Gasteiger partial charge < -0.3 is 4.74 Å². The van der Waals surface area contributed by atoms with E-state index in [1.54, 1.807) is 6.92 Å². The van der Waals surface area contributed by atoms with Gasteiger partial charge in [0.2, 0.25) is 0 Å². The number of halogens is 4. The van der Waals surface area contributed by atoms with Crippen molar-refractivity contribution in [2.75, 3.05) is 6.61 Å². The minimum atomic E-state index is -1.08. The standard InChI is InChI=1S/C15H15Cl2F2N3O3/c1-3-25-14(23)11(17)4-9-5-13(12(19)6-10(9)16)22-15(24)21(7-18)8(2)20-22/h5-6,11H,3-4,7H2,1-2H3. The quantitative estimate of drug-likeness (QED) is 0.558. The van der Waals surface area contributed by atoms with Crippen LogP contribution in [0.4, 0.5) is 8.78 Å². The molecule has 6 nitrogen and oxygen atoms in total. The van der Waals surface area contributed by atoms with Crippen molar-refractivity contribution in [1.82, 2.24) is 14.3 Å². The molecule has 1 aromatic heterocycles. The van der Waals surface area contributed by atoms with E-state index >= 15 is 0 Å². The number of carbonyl (C=O) groups excluding carboxylic acids is 1. The lowest BCUT2D eigenvalue weighted by molar-refractivity contribution is -0.142. The summed E-state index contributed by atoms with van der Waals surface area (Å²) in [5.41, 5.74) is -0.724. The summed E-state index contributed by atoms with van der Waals surface area (Å²) in [5.74, 6) is -1.37. The van der Waals surface area contributed by atoms with Crippen molar-refractivity contribution < 1.29 is 18.3 Å². The highest BCUT2D eigenvalue weighted by molar-refractivity contribution is 6.32. The molecule has 0 aliphatic carbocycles. The second-order valence-electron chi connectivity index (χ2n) is 5.11. The largest absolute Gasteiger partial charge is 0.465 e. The van der Waals surface area contributed by atoms with E-state index in [0.29, 0.717) is 5.56 Å². The first-order valence-corrected chi connectivity index (χ1v) is 8.13. The molecule has 2 aromatic rings. The number of carbonyl (C=O) groups is 1. The van der Waals surface area contributed by atoms with Gasteiger partial charge in [-0.2, -0.15) is 9.78 Å². The van der Waals surface area contributed by atoms with Crippen LogP contribution in [0, 0.1) is 12.7 Å².